The maximum absolute atomic E-state index is 12.6. The Hall–Kier alpha value is -2.83. The number of benzene rings is 2. The standard InChI is InChI=1S/C15H9F3N2O2/c16-15(17,18)9-4-6-10(7-5-9)20-8-19-13-11(14(21)22)2-1-3-12(13)20/h1-8H,(H,21,22). The minimum Gasteiger partial charge on any atom is -0.478 e. The molecule has 7 heteroatoms. The SMILES string of the molecule is O=C(O)c1cccc2c1ncn2-c1ccc(C(F)(F)F)cc1. The topological polar surface area (TPSA) is 55.1 Å². The summed E-state index contributed by atoms with van der Waals surface area (Å²) in [4.78, 5) is 15.2. The average molecular weight is 306 g/mol. The van der Waals surface area contributed by atoms with Crippen LogP contribution in [0.2, 0.25) is 0 Å². The lowest BCUT2D eigenvalue weighted by Gasteiger charge is -2.09. The van der Waals surface area contributed by atoms with Gasteiger partial charge in [-0.15, -0.1) is 0 Å². The van der Waals surface area contributed by atoms with Crippen molar-refractivity contribution in [2.75, 3.05) is 0 Å². The van der Waals surface area contributed by atoms with Crippen molar-refractivity contribution in [1.82, 2.24) is 9.55 Å². The number of aromatic carboxylic acids is 1. The van der Waals surface area contributed by atoms with Gasteiger partial charge in [0.05, 0.1) is 16.6 Å². The second-order valence-corrected chi connectivity index (χ2v) is 4.64. The Morgan fingerprint density at radius 3 is 2.36 bits per heavy atom. The number of rotatable bonds is 2. The van der Waals surface area contributed by atoms with E-state index in [0.717, 1.165) is 12.1 Å². The summed E-state index contributed by atoms with van der Waals surface area (Å²) in [5.41, 5.74) is 0.572. The highest BCUT2D eigenvalue weighted by Gasteiger charge is 2.30. The smallest absolute Gasteiger partial charge is 0.416 e. The van der Waals surface area contributed by atoms with E-state index in [-0.39, 0.29) is 11.1 Å². The molecule has 0 atom stereocenters. The molecule has 1 N–H and O–H groups in total. The maximum Gasteiger partial charge on any atom is 0.416 e. The lowest BCUT2D eigenvalue weighted by atomic mass is 10.1. The molecule has 3 aromatic rings. The predicted octanol–water partition coefficient (Wildman–Crippen LogP) is 3.74. The molecule has 2 aromatic carbocycles. The average Bonchev–Trinajstić information content (AvgIpc) is 2.90. The van der Waals surface area contributed by atoms with Crippen molar-refractivity contribution in [3.8, 4) is 5.69 Å². The summed E-state index contributed by atoms with van der Waals surface area (Å²) in [7, 11) is 0. The summed E-state index contributed by atoms with van der Waals surface area (Å²) < 4.78 is 39.3. The molecule has 3 rings (SSSR count). The van der Waals surface area contributed by atoms with Gasteiger partial charge in [0.1, 0.15) is 11.8 Å². The Labute approximate surface area is 122 Å². The van der Waals surface area contributed by atoms with Crippen LogP contribution >= 0.6 is 0 Å². The molecule has 0 spiro atoms. The monoisotopic (exact) mass is 306 g/mol. The van der Waals surface area contributed by atoms with Crippen molar-refractivity contribution >= 4 is 17.0 Å². The number of carboxylic acid groups (broad SMARTS) is 1. The van der Waals surface area contributed by atoms with Crippen LogP contribution in [0, 0.1) is 0 Å². The lowest BCUT2D eigenvalue weighted by Crippen LogP contribution is -2.04. The molecule has 0 fully saturated rings. The molecule has 112 valence electrons. The van der Waals surface area contributed by atoms with Gasteiger partial charge in [0, 0.05) is 5.69 Å². The quantitative estimate of drug-likeness (QED) is 0.784. The molecule has 4 nitrogen and oxygen atoms in total. The number of carbonyl (C=O) groups is 1. The summed E-state index contributed by atoms with van der Waals surface area (Å²) in [5, 5.41) is 9.11. The van der Waals surface area contributed by atoms with E-state index in [2.05, 4.69) is 4.98 Å². The summed E-state index contributed by atoms with van der Waals surface area (Å²) in [5.74, 6) is -1.11. The van der Waals surface area contributed by atoms with Gasteiger partial charge in [-0.1, -0.05) is 6.07 Å². The fraction of sp³-hybridized carbons (Fsp3) is 0.0667. The first-order chi connectivity index (χ1) is 10.4. The fourth-order valence-electron chi connectivity index (χ4n) is 2.23. The van der Waals surface area contributed by atoms with Crippen LogP contribution in [0.5, 0.6) is 0 Å². The van der Waals surface area contributed by atoms with Gasteiger partial charge in [-0.05, 0) is 36.4 Å². The highest BCUT2D eigenvalue weighted by atomic mass is 19.4. The number of nitrogens with zero attached hydrogens (tertiary/aromatic N) is 2. The first-order valence-corrected chi connectivity index (χ1v) is 6.25. The van der Waals surface area contributed by atoms with Crippen molar-refractivity contribution in [2.45, 2.75) is 6.18 Å². The highest BCUT2D eigenvalue weighted by molar-refractivity contribution is 6.01. The molecule has 0 bridgehead atoms. The van der Waals surface area contributed by atoms with Crippen LogP contribution in [0.1, 0.15) is 15.9 Å². The molecule has 0 aliphatic rings. The van der Waals surface area contributed by atoms with E-state index in [9.17, 15) is 18.0 Å². The van der Waals surface area contributed by atoms with Crippen molar-refractivity contribution in [3.05, 3.63) is 59.9 Å². The molecule has 0 amide bonds. The first-order valence-electron chi connectivity index (χ1n) is 6.25. The van der Waals surface area contributed by atoms with Crippen LogP contribution in [0.25, 0.3) is 16.7 Å². The van der Waals surface area contributed by atoms with E-state index >= 15 is 0 Å². The molecule has 1 heterocycles. The zero-order valence-electron chi connectivity index (χ0n) is 11.0. The minimum absolute atomic E-state index is 0.0446. The van der Waals surface area contributed by atoms with Gasteiger partial charge in [-0.25, -0.2) is 9.78 Å². The van der Waals surface area contributed by atoms with E-state index in [1.165, 1.54) is 24.5 Å². The zero-order chi connectivity index (χ0) is 15.9. The molecule has 0 aliphatic carbocycles. The Balaban J connectivity index is 2.11. The third kappa shape index (κ3) is 2.30. The summed E-state index contributed by atoms with van der Waals surface area (Å²) in [6, 6.07) is 9.23. The molecular weight excluding hydrogens is 297 g/mol. The maximum atomic E-state index is 12.6. The van der Waals surface area contributed by atoms with Gasteiger partial charge < -0.3 is 5.11 Å². The van der Waals surface area contributed by atoms with E-state index in [1.54, 1.807) is 16.7 Å². The molecular formula is C15H9F3N2O2. The second-order valence-electron chi connectivity index (χ2n) is 4.64. The van der Waals surface area contributed by atoms with Crippen LogP contribution in [-0.2, 0) is 6.18 Å². The molecule has 0 aliphatic heterocycles. The Morgan fingerprint density at radius 1 is 1.09 bits per heavy atom. The minimum atomic E-state index is -4.40. The lowest BCUT2D eigenvalue weighted by molar-refractivity contribution is -0.137. The second kappa shape index (κ2) is 4.87. The van der Waals surface area contributed by atoms with E-state index < -0.39 is 17.7 Å². The van der Waals surface area contributed by atoms with Crippen LogP contribution in [0.3, 0.4) is 0 Å². The Kier molecular flexibility index (Phi) is 3.13. The van der Waals surface area contributed by atoms with Gasteiger partial charge in [0.25, 0.3) is 0 Å². The normalized spacial score (nSPS) is 11.8. The number of carboxylic acids is 1. The van der Waals surface area contributed by atoms with Crippen LogP contribution in [0.4, 0.5) is 13.2 Å². The number of halogens is 3. The predicted molar refractivity (Wildman–Crippen MR) is 73.0 cm³/mol. The molecule has 0 radical (unpaired) electrons. The van der Waals surface area contributed by atoms with Crippen molar-refractivity contribution < 1.29 is 23.1 Å². The third-order valence-corrected chi connectivity index (χ3v) is 3.28. The zero-order valence-corrected chi connectivity index (χ0v) is 11.0. The number of alkyl halides is 3. The van der Waals surface area contributed by atoms with E-state index in [4.69, 9.17) is 5.11 Å². The Bertz CT molecular complexity index is 851. The van der Waals surface area contributed by atoms with Gasteiger partial charge >= 0.3 is 12.1 Å². The van der Waals surface area contributed by atoms with Gasteiger partial charge in [0.15, 0.2) is 0 Å². The molecule has 0 saturated heterocycles. The van der Waals surface area contributed by atoms with Crippen LogP contribution in [0.15, 0.2) is 48.8 Å². The van der Waals surface area contributed by atoms with Crippen molar-refractivity contribution in [2.24, 2.45) is 0 Å². The van der Waals surface area contributed by atoms with Gasteiger partial charge in [0.2, 0.25) is 0 Å². The third-order valence-electron chi connectivity index (χ3n) is 3.28. The summed E-state index contributed by atoms with van der Waals surface area (Å²) in [6.07, 6.45) is -3.01. The largest absolute Gasteiger partial charge is 0.478 e. The summed E-state index contributed by atoms with van der Waals surface area (Å²) >= 11 is 0. The molecule has 1 aromatic heterocycles. The number of imidazole rings is 1. The number of para-hydroxylation sites is 1. The van der Waals surface area contributed by atoms with Crippen molar-refractivity contribution in [1.29, 1.82) is 0 Å². The van der Waals surface area contributed by atoms with Crippen LogP contribution in [-0.4, -0.2) is 20.6 Å². The molecule has 22 heavy (non-hydrogen) atoms. The number of aromatic nitrogens is 2. The Morgan fingerprint density at radius 2 is 1.77 bits per heavy atom. The number of hydrogen-bond acceptors (Lipinski definition) is 2. The van der Waals surface area contributed by atoms with Gasteiger partial charge in [-0.3, -0.25) is 4.57 Å². The van der Waals surface area contributed by atoms with Crippen molar-refractivity contribution in [3.63, 3.8) is 0 Å². The molecule has 0 unspecified atom stereocenters. The fourth-order valence-corrected chi connectivity index (χ4v) is 2.23. The highest BCUT2D eigenvalue weighted by Crippen LogP contribution is 2.30. The number of hydrogen-bond donors (Lipinski definition) is 1. The van der Waals surface area contributed by atoms with E-state index in [1.807, 2.05) is 0 Å². The molecule has 0 saturated carbocycles. The van der Waals surface area contributed by atoms with Crippen LogP contribution < -0.4 is 0 Å². The number of fused-ring (bicyclic) bond motifs is 1. The van der Waals surface area contributed by atoms with E-state index in [0.29, 0.717) is 11.2 Å². The summed E-state index contributed by atoms with van der Waals surface area (Å²) in [6.45, 7) is 0. The van der Waals surface area contributed by atoms with Gasteiger partial charge in [-0.2, -0.15) is 13.2 Å². The first kappa shape index (κ1) is 14.1.